The molecular formula is C39H68N2O6S. The Balaban J connectivity index is 2.52. The summed E-state index contributed by atoms with van der Waals surface area (Å²) in [5.74, 6) is -0.313. The molecule has 0 spiro atoms. The molecule has 0 fully saturated rings. The van der Waals surface area contributed by atoms with Gasteiger partial charge in [0.2, 0.25) is 5.91 Å². The van der Waals surface area contributed by atoms with E-state index in [4.69, 9.17) is 15.2 Å². The maximum atomic E-state index is 12.9. The molecule has 0 saturated carbocycles. The van der Waals surface area contributed by atoms with Crippen LogP contribution in [0.25, 0.3) is 0 Å². The van der Waals surface area contributed by atoms with Crippen LogP contribution in [-0.4, -0.2) is 59.8 Å². The second kappa shape index (κ2) is 28.7. The van der Waals surface area contributed by atoms with Crippen molar-refractivity contribution in [2.75, 3.05) is 24.7 Å². The van der Waals surface area contributed by atoms with E-state index in [9.17, 15) is 19.5 Å². The average Bonchev–Trinajstić information content (AvgIpc) is 3.09. The molecule has 0 aliphatic rings. The zero-order chi connectivity index (χ0) is 35.3. The van der Waals surface area contributed by atoms with Crippen LogP contribution in [0.1, 0.15) is 155 Å². The molecule has 0 aliphatic heterocycles. The van der Waals surface area contributed by atoms with Crippen molar-refractivity contribution in [3.63, 3.8) is 0 Å². The highest BCUT2D eigenvalue weighted by Gasteiger charge is 2.30. The van der Waals surface area contributed by atoms with E-state index in [1.807, 2.05) is 30.3 Å². The van der Waals surface area contributed by atoms with Crippen molar-refractivity contribution in [1.29, 1.82) is 0 Å². The summed E-state index contributed by atoms with van der Waals surface area (Å²) in [7, 11) is 0. The summed E-state index contributed by atoms with van der Waals surface area (Å²) in [5.41, 5.74) is 6.04. The lowest BCUT2D eigenvalue weighted by Crippen LogP contribution is -2.53. The number of amides is 1. The first-order valence-corrected chi connectivity index (χ1v) is 20.1. The van der Waals surface area contributed by atoms with E-state index in [0.29, 0.717) is 18.6 Å². The quantitative estimate of drug-likeness (QED) is 0.0523. The maximum absolute atomic E-state index is 12.9. The van der Waals surface area contributed by atoms with Gasteiger partial charge in [0, 0.05) is 24.3 Å². The number of carbonyl (C=O) groups is 3. The Morgan fingerprint density at radius 2 is 1.23 bits per heavy atom. The van der Waals surface area contributed by atoms with E-state index in [2.05, 4.69) is 19.2 Å². The van der Waals surface area contributed by atoms with Gasteiger partial charge >= 0.3 is 11.9 Å². The van der Waals surface area contributed by atoms with Crippen molar-refractivity contribution in [2.45, 2.75) is 167 Å². The first-order valence-electron chi connectivity index (χ1n) is 18.9. The Labute approximate surface area is 296 Å². The molecule has 1 rings (SSSR count). The molecule has 0 aromatic heterocycles. The van der Waals surface area contributed by atoms with Gasteiger partial charge in [0.05, 0.1) is 18.2 Å². The molecule has 0 radical (unpaired) electrons. The molecule has 1 aromatic rings. The average molecular weight is 693 g/mol. The molecule has 48 heavy (non-hydrogen) atoms. The Bertz CT molecular complexity index is 965. The van der Waals surface area contributed by atoms with Crippen LogP contribution in [0.3, 0.4) is 0 Å². The number of aliphatic hydroxyl groups is 1. The van der Waals surface area contributed by atoms with Crippen LogP contribution in [-0.2, 0) is 29.4 Å². The van der Waals surface area contributed by atoms with Gasteiger partial charge in [0.1, 0.15) is 12.7 Å². The van der Waals surface area contributed by atoms with Crippen molar-refractivity contribution < 1.29 is 29.0 Å². The molecule has 276 valence electrons. The van der Waals surface area contributed by atoms with Crippen LogP contribution in [0.5, 0.6) is 0 Å². The summed E-state index contributed by atoms with van der Waals surface area (Å²) in [4.78, 5) is 38.1. The minimum absolute atomic E-state index is 0.00914. The molecule has 8 nitrogen and oxygen atoms in total. The van der Waals surface area contributed by atoms with E-state index < -0.39 is 17.7 Å². The van der Waals surface area contributed by atoms with Crippen LogP contribution < -0.4 is 11.1 Å². The number of nitrogens with two attached hydrogens (primary N) is 1. The number of esters is 2. The molecule has 0 unspecified atom stereocenters. The second-order valence-electron chi connectivity index (χ2n) is 13.4. The standard InChI is InChI=1S/C39H68N2O6S/c1-4-6-8-10-12-14-16-18-23-27-36(43)46-29-34(47-37(44)28-24-19-17-15-13-11-9-7-5-2)30-48-31-35(40)38(45)41-39(3,32-42)33-25-21-20-22-26-33/h20-22,25-26,34-35,42H,4-19,23-24,27-32,40H2,1-3H3,(H,41,45)/t34-,35+,39-/m1/s1. The number of benzene rings is 1. The number of thioether (sulfide) groups is 1. The monoisotopic (exact) mass is 692 g/mol. The van der Waals surface area contributed by atoms with Crippen LogP contribution in [0.15, 0.2) is 30.3 Å². The first-order chi connectivity index (χ1) is 23.3. The Morgan fingerprint density at radius 3 is 1.73 bits per heavy atom. The predicted molar refractivity (Wildman–Crippen MR) is 199 cm³/mol. The molecule has 3 atom stereocenters. The third-order valence-corrected chi connectivity index (χ3v) is 9.96. The summed E-state index contributed by atoms with van der Waals surface area (Å²) in [5, 5.41) is 12.9. The molecule has 0 aliphatic carbocycles. The van der Waals surface area contributed by atoms with Gasteiger partial charge < -0.3 is 25.6 Å². The van der Waals surface area contributed by atoms with E-state index in [0.717, 1.165) is 44.1 Å². The molecule has 1 aromatic carbocycles. The lowest BCUT2D eigenvalue weighted by molar-refractivity contribution is -0.157. The summed E-state index contributed by atoms with van der Waals surface area (Å²) in [6.07, 6.45) is 21.1. The number of carbonyl (C=O) groups excluding carboxylic acids is 3. The Kier molecular flexibility index (Phi) is 26.3. The van der Waals surface area contributed by atoms with Crippen LogP contribution in [0, 0.1) is 0 Å². The van der Waals surface area contributed by atoms with Crippen molar-refractivity contribution in [2.24, 2.45) is 5.73 Å². The highest BCUT2D eigenvalue weighted by molar-refractivity contribution is 7.99. The van der Waals surface area contributed by atoms with Crippen LogP contribution in [0.4, 0.5) is 0 Å². The van der Waals surface area contributed by atoms with Gasteiger partial charge in [-0.25, -0.2) is 0 Å². The molecule has 0 saturated heterocycles. The minimum atomic E-state index is -0.962. The molecule has 4 N–H and O–H groups in total. The predicted octanol–water partition coefficient (Wildman–Crippen LogP) is 8.37. The van der Waals surface area contributed by atoms with Crippen molar-refractivity contribution in [3.05, 3.63) is 35.9 Å². The number of unbranched alkanes of at least 4 members (excludes halogenated alkanes) is 16. The smallest absolute Gasteiger partial charge is 0.306 e. The fourth-order valence-electron chi connectivity index (χ4n) is 5.55. The van der Waals surface area contributed by atoms with Crippen molar-refractivity contribution in [3.8, 4) is 0 Å². The van der Waals surface area contributed by atoms with Gasteiger partial charge in [0.15, 0.2) is 0 Å². The van der Waals surface area contributed by atoms with E-state index in [1.165, 1.54) is 88.8 Å². The van der Waals surface area contributed by atoms with Crippen LogP contribution >= 0.6 is 11.8 Å². The highest BCUT2D eigenvalue weighted by Crippen LogP contribution is 2.20. The van der Waals surface area contributed by atoms with Gasteiger partial charge in [-0.2, -0.15) is 11.8 Å². The lowest BCUT2D eigenvalue weighted by atomic mass is 9.92. The number of nitrogens with one attached hydrogen (secondary N) is 1. The second-order valence-corrected chi connectivity index (χ2v) is 14.5. The summed E-state index contributed by atoms with van der Waals surface area (Å²) < 4.78 is 11.3. The third kappa shape index (κ3) is 21.8. The number of rotatable bonds is 31. The number of ether oxygens (including phenoxy) is 2. The number of hydrogen-bond donors (Lipinski definition) is 3. The van der Waals surface area contributed by atoms with E-state index in [1.54, 1.807) is 6.92 Å². The summed E-state index contributed by atoms with van der Waals surface area (Å²) >= 11 is 1.38. The van der Waals surface area contributed by atoms with Gasteiger partial charge in [-0.1, -0.05) is 147 Å². The van der Waals surface area contributed by atoms with Crippen LogP contribution in [0.2, 0.25) is 0 Å². The summed E-state index contributed by atoms with van der Waals surface area (Å²) in [6.45, 7) is 5.92. The highest BCUT2D eigenvalue weighted by atomic mass is 32.2. The first kappa shape index (κ1) is 43.9. The van der Waals surface area contributed by atoms with Gasteiger partial charge in [-0.15, -0.1) is 0 Å². The van der Waals surface area contributed by atoms with Gasteiger partial charge in [0.25, 0.3) is 0 Å². The largest absolute Gasteiger partial charge is 0.462 e. The normalized spacial score (nSPS) is 13.8. The lowest BCUT2D eigenvalue weighted by Gasteiger charge is -2.30. The summed E-state index contributed by atoms with van der Waals surface area (Å²) in [6, 6.07) is 8.44. The number of aliphatic hydroxyl groups excluding tert-OH is 1. The molecular weight excluding hydrogens is 625 g/mol. The zero-order valence-electron chi connectivity index (χ0n) is 30.5. The van der Waals surface area contributed by atoms with E-state index in [-0.39, 0.29) is 36.8 Å². The zero-order valence-corrected chi connectivity index (χ0v) is 31.3. The molecule has 1 amide bonds. The number of hydrogen-bond acceptors (Lipinski definition) is 8. The SMILES string of the molecule is CCCCCCCCCCCC(=O)OC[C@H](CSC[C@H](N)C(=O)N[C@](C)(CO)c1ccccc1)OC(=O)CCCCCCCCCCC. The topological polar surface area (TPSA) is 128 Å². The molecule has 9 heteroatoms. The molecule has 0 bridgehead atoms. The Hall–Kier alpha value is -2.10. The fourth-order valence-corrected chi connectivity index (χ4v) is 6.52. The molecule has 0 heterocycles. The minimum Gasteiger partial charge on any atom is -0.462 e. The van der Waals surface area contributed by atoms with Crippen molar-refractivity contribution in [1.82, 2.24) is 5.32 Å². The van der Waals surface area contributed by atoms with Crippen molar-refractivity contribution >= 4 is 29.6 Å². The van der Waals surface area contributed by atoms with Gasteiger partial charge in [-0.3, -0.25) is 14.4 Å². The maximum Gasteiger partial charge on any atom is 0.306 e. The van der Waals surface area contributed by atoms with E-state index >= 15 is 0 Å². The third-order valence-electron chi connectivity index (χ3n) is 8.76. The fraction of sp³-hybridized carbons (Fsp3) is 0.769. The van der Waals surface area contributed by atoms with Gasteiger partial charge in [-0.05, 0) is 25.3 Å². The Morgan fingerprint density at radius 1 is 0.750 bits per heavy atom.